The minimum atomic E-state index is -0.984. The van der Waals surface area contributed by atoms with Crippen LogP contribution in [-0.4, -0.2) is 18.2 Å². The molecule has 0 aliphatic heterocycles. The molecule has 0 atom stereocenters. The van der Waals surface area contributed by atoms with Crippen molar-refractivity contribution in [1.29, 1.82) is 0 Å². The van der Waals surface area contributed by atoms with Crippen molar-refractivity contribution in [1.82, 2.24) is 0 Å². The quantitative estimate of drug-likeness (QED) is 0.0910. The van der Waals surface area contributed by atoms with Gasteiger partial charge in [0.25, 0.3) is 0 Å². The topological polar surface area (TPSA) is 35.5 Å². The van der Waals surface area contributed by atoms with E-state index >= 15 is 0 Å². The summed E-state index contributed by atoms with van der Waals surface area (Å²) in [5.41, 5.74) is 1.68. The normalized spacial score (nSPS) is 11.1. The summed E-state index contributed by atoms with van der Waals surface area (Å²) >= 11 is 0. The molecular weight excluding hydrogens is 519 g/mol. The lowest BCUT2D eigenvalue weighted by molar-refractivity contribution is -0.152. The van der Waals surface area contributed by atoms with E-state index in [9.17, 15) is 9.18 Å². The van der Waals surface area contributed by atoms with Gasteiger partial charge in [0.2, 0.25) is 0 Å². The highest BCUT2D eigenvalue weighted by atomic mass is 32.2. The van der Waals surface area contributed by atoms with Gasteiger partial charge in [-0.2, -0.15) is 0 Å². The number of carbonyl (C=O) groups excluding carboxylic acids is 1. The lowest BCUT2D eigenvalue weighted by Gasteiger charge is -2.19. The average molecular weight is 554 g/mol. The van der Waals surface area contributed by atoms with Gasteiger partial charge in [-0.25, -0.2) is 4.39 Å². The fraction of sp³-hybridized carbons (Fsp3) is 0.229. The number of ether oxygens (including phenoxy) is 2. The van der Waals surface area contributed by atoms with E-state index in [-0.39, 0.29) is 29.1 Å². The predicted octanol–water partition coefficient (Wildman–Crippen LogP) is 8.07. The molecular formula is C35H34FO3S+. The molecule has 0 saturated carbocycles. The standard InChI is InChI=1S/C35H34FO3S/c1-26-23-32(40(30-15-7-5-8-16-30)31-17-9-6-10-18-31)24-27(2)34(26)38-22-12-19-33(37)39-35(3,4)21-20-28-13-11-14-29(36)25-28/h5-11,13-18,23-25H,12,19,22H2,1-4H3/q+1. The van der Waals surface area contributed by atoms with Crippen molar-refractivity contribution in [2.75, 3.05) is 6.61 Å². The number of hydrogen-bond acceptors (Lipinski definition) is 3. The Morgan fingerprint density at radius 1 is 0.825 bits per heavy atom. The molecule has 0 aromatic heterocycles. The van der Waals surface area contributed by atoms with Crippen LogP contribution in [0.5, 0.6) is 5.75 Å². The first-order valence-electron chi connectivity index (χ1n) is 13.3. The number of aryl methyl sites for hydroxylation is 2. The van der Waals surface area contributed by atoms with E-state index in [1.165, 1.54) is 26.8 Å². The van der Waals surface area contributed by atoms with Crippen molar-refractivity contribution >= 4 is 16.9 Å². The molecule has 0 saturated heterocycles. The maximum atomic E-state index is 13.4. The van der Waals surface area contributed by atoms with Gasteiger partial charge in [0.05, 0.1) is 17.5 Å². The summed E-state index contributed by atoms with van der Waals surface area (Å²) < 4.78 is 25.1. The van der Waals surface area contributed by atoms with E-state index < -0.39 is 5.60 Å². The molecule has 3 nitrogen and oxygen atoms in total. The van der Waals surface area contributed by atoms with Crippen molar-refractivity contribution in [2.24, 2.45) is 0 Å². The van der Waals surface area contributed by atoms with E-state index in [0.717, 1.165) is 16.9 Å². The van der Waals surface area contributed by atoms with Crippen molar-refractivity contribution in [2.45, 2.75) is 60.8 Å². The third-order valence-corrected chi connectivity index (χ3v) is 8.29. The fourth-order valence-corrected chi connectivity index (χ4v) is 6.58. The summed E-state index contributed by atoms with van der Waals surface area (Å²) in [4.78, 5) is 16.2. The summed E-state index contributed by atoms with van der Waals surface area (Å²) in [7, 11) is -0.229. The first-order valence-corrected chi connectivity index (χ1v) is 14.5. The second-order valence-electron chi connectivity index (χ2n) is 10.0. The highest BCUT2D eigenvalue weighted by Gasteiger charge is 2.29. The lowest BCUT2D eigenvalue weighted by atomic mass is 10.1. The van der Waals surface area contributed by atoms with Gasteiger partial charge in [0, 0.05) is 24.1 Å². The molecule has 0 bridgehead atoms. The maximum absolute atomic E-state index is 13.4. The van der Waals surface area contributed by atoms with Crippen LogP contribution >= 0.6 is 0 Å². The molecule has 0 radical (unpaired) electrons. The predicted molar refractivity (Wildman–Crippen MR) is 159 cm³/mol. The number of carbonyl (C=O) groups is 1. The molecule has 0 N–H and O–H groups in total. The molecule has 0 heterocycles. The molecule has 4 aromatic carbocycles. The summed E-state index contributed by atoms with van der Waals surface area (Å²) in [5.74, 6) is 5.94. The monoisotopic (exact) mass is 553 g/mol. The smallest absolute Gasteiger partial charge is 0.307 e. The molecule has 0 amide bonds. The van der Waals surface area contributed by atoms with Crippen molar-refractivity contribution in [3.63, 3.8) is 0 Å². The minimum Gasteiger partial charge on any atom is -0.493 e. The van der Waals surface area contributed by atoms with Gasteiger partial charge in [0.15, 0.2) is 20.3 Å². The van der Waals surface area contributed by atoms with Gasteiger partial charge < -0.3 is 9.47 Å². The molecule has 0 aliphatic rings. The largest absolute Gasteiger partial charge is 0.493 e. The van der Waals surface area contributed by atoms with Crippen molar-refractivity contribution in [3.05, 3.63) is 120 Å². The number of benzene rings is 4. The zero-order valence-corrected chi connectivity index (χ0v) is 24.2. The highest BCUT2D eigenvalue weighted by molar-refractivity contribution is 7.97. The summed E-state index contributed by atoms with van der Waals surface area (Å²) in [6.07, 6.45) is 0.734. The number of esters is 1. The Morgan fingerprint density at radius 2 is 1.43 bits per heavy atom. The van der Waals surface area contributed by atoms with Crippen LogP contribution in [0, 0.1) is 31.5 Å². The third-order valence-electron chi connectivity index (χ3n) is 6.10. The SMILES string of the molecule is Cc1cc([S+](c2ccccc2)c2ccccc2)cc(C)c1OCCCC(=O)OC(C)(C)C#Cc1cccc(F)c1. The molecule has 4 aromatic rings. The first kappa shape index (κ1) is 29.0. The minimum absolute atomic E-state index is 0.215. The second kappa shape index (κ2) is 13.4. The number of hydrogen-bond donors (Lipinski definition) is 0. The molecule has 5 heteroatoms. The average Bonchev–Trinajstić information content (AvgIpc) is 2.92. The summed E-state index contributed by atoms with van der Waals surface area (Å²) in [6, 6.07) is 31.6. The van der Waals surface area contributed by atoms with Gasteiger partial charge in [0.1, 0.15) is 11.6 Å². The van der Waals surface area contributed by atoms with Crippen LogP contribution < -0.4 is 4.74 Å². The number of rotatable bonds is 9. The van der Waals surface area contributed by atoms with E-state index in [0.29, 0.717) is 18.6 Å². The van der Waals surface area contributed by atoms with E-state index in [1.54, 1.807) is 26.0 Å². The van der Waals surface area contributed by atoms with Crippen LogP contribution in [-0.2, 0) is 20.4 Å². The number of halogens is 1. The van der Waals surface area contributed by atoms with Gasteiger partial charge >= 0.3 is 5.97 Å². The van der Waals surface area contributed by atoms with Crippen molar-refractivity contribution in [3.8, 4) is 17.6 Å². The zero-order chi connectivity index (χ0) is 28.5. The molecule has 0 aliphatic carbocycles. The van der Waals surface area contributed by atoms with Crippen LogP contribution in [0.3, 0.4) is 0 Å². The molecule has 40 heavy (non-hydrogen) atoms. The molecule has 0 fully saturated rings. The summed E-state index contributed by atoms with van der Waals surface area (Å²) in [5, 5.41) is 0. The highest BCUT2D eigenvalue weighted by Crippen LogP contribution is 2.35. The van der Waals surface area contributed by atoms with E-state index in [2.05, 4.69) is 86.4 Å². The molecule has 0 unspecified atom stereocenters. The Bertz CT molecular complexity index is 1440. The van der Waals surface area contributed by atoms with Crippen LogP contribution in [0.15, 0.2) is 112 Å². The zero-order valence-electron chi connectivity index (χ0n) is 23.4. The molecule has 4 rings (SSSR count). The van der Waals surface area contributed by atoms with E-state index in [1.807, 2.05) is 12.1 Å². The first-order chi connectivity index (χ1) is 19.2. The van der Waals surface area contributed by atoms with Crippen molar-refractivity contribution < 1.29 is 18.7 Å². The van der Waals surface area contributed by atoms with Gasteiger partial charge in [-0.3, -0.25) is 4.79 Å². The Morgan fingerprint density at radius 3 is 2.00 bits per heavy atom. The maximum Gasteiger partial charge on any atom is 0.307 e. The van der Waals surface area contributed by atoms with Crippen LogP contribution in [0.4, 0.5) is 4.39 Å². The molecule has 204 valence electrons. The Balaban J connectivity index is 1.37. The molecule has 0 spiro atoms. The van der Waals surface area contributed by atoms with Gasteiger partial charge in [-0.05, 0) is 87.7 Å². The lowest BCUT2D eigenvalue weighted by Crippen LogP contribution is -2.26. The van der Waals surface area contributed by atoms with E-state index in [4.69, 9.17) is 9.47 Å². The second-order valence-corrected chi connectivity index (χ2v) is 12.0. The van der Waals surface area contributed by atoms with Crippen LogP contribution in [0.1, 0.15) is 43.4 Å². The summed E-state index contributed by atoms with van der Waals surface area (Å²) in [6.45, 7) is 7.98. The Hall–Kier alpha value is -4.01. The Labute approximate surface area is 239 Å². The van der Waals surface area contributed by atoms with Gasteiger partial charge in [-0.15, -0.1) is 0 Å². The third kappa shape index (κ3) is 8.00. The van der Waals surface area contributed by atoms with Crippen LogP contribution in [0.25, 0.3) is 0 Å². The fourth-order valence-electron chi connectivity index (χ4n) is 4.32. The van der Waals surface area contributed by atoms with Gasteiger partial charge in [-0.1, -0.05) is 54.3 Å². The van der Waals surface area contributed by atoms with Crippen LogP contribution in [0.2, 0.25) is 0 Å². The Kier molecular flexibility index (Phi) is 9.69.